The second kappa shape index (κ2) is 14.5. The van der Waals surface area contributed by atoms with Crippen molar-refractivity contribution in [3.8, 4) is 0 Å². The molecule has 6 N–H and O–H groups in total. The van der Waals surface area contributed by atoms with Crippen molar-refractivity contribution in [3.63, 3.8) is 0 Å². The first kappa shape index (κ1) is 32.4. The summed E-state index contributed by atoms with van der Waals surface area (Å²) in [6.45, 7) is -0.753. The first-order valence-electron chi connectivity index (χ1n) is 11.9. The summed E-state index contributed by atoms with van der Waals surface area (Å²) < 4.78 is 83.2. The number of amides is 3. The van der Waals surface area contributed by atoms with Crippen LogP contribution in [0.2, 0.25) is 0 Å². The van der Waals surface area contributed by atoms with Gasteiger partial charge in [0.15, 0.2) is 0 Å². The number of nitrogens with two attached hydrogens (primary N) is 1. The zero-order chi connectivity index (χ0) is 29.9. The number of rotatable bonds is 11. The average Bonchev–Trinajstić information content (AvgIpc) is 2.90. The molecule has 2 aromatic rings. The summed E-state index contributed by atoms with van der Waals surface area (Å²) in [6, 6.07) is 8.62. The normalized spacial score (nSPS) is 13.2. The lowest BCUT2D eigenvalue weighted by Crippen LogP contribution is -2.42. The SMILES string of the molecule is NNC(=O)CC(CCOC(=O)NNC(=O)CC(CCO)c1cccc(C(F)(F)F)c1)c1cccc(C(F)(F)F)c1. The molecule has 2 aromatic carbocycles. The third kappa shape index (κ3) is 10.4. The van der Waals surface area contributed by atoms with Gasteiger partial charge in [0.2, 0.25) is 11.8 Å². The molecule has 40 heavy (non-hydrogen) atoms. The first-order chi connectivity index (χ1) is 18.7. The van der Waals surface area contributed by atoms with Crippen LogP contribution in [0, 0.1) is 0 Å². The number of halogens is 6. The van der Waals surface area contributed by atoms with Crippen molar-refractivity contribution in [2.75, 3.05) is 13.2 Å². The second-order valence-corrected chi connectivity index (χ2v) is 8.73. The summed E-state index contributed by atoms with van der Waals surface area (Å²) in [5.41, 5.74) is 4.40. The van der Waals surface area contributed by atoms with Gasteiger partial charge in [-0.2, -0.15) is 26.3 Å². The minimum atomic E-state index is -4.61. The van der Waals surface area contributed by atoms with Crippen molar-refractivity contribution in [1.29, 1.82) is 0 Å². The van der Waals surface area contributed by atoms with E-state index in [1.165, 1.54) is 24.3 Å². The lowest BCUT2D eigenvalue weighted by atomic mass is 9.91. The number of ether oxygens (including phenoxy) is 1. The van der Waals surface area contributed by atoms with Crippen LogP contribution in [0.15, 0.2) is 48.5 Å². The van der Waals surface area contributed by atoms with E-state index in [-0.39, 0.29) is 43.4 Å². The van der Waals surface area contributed by atoms with Crippen molar-refractivity contribution in [1.82, 2.24) is 16.3 Å². The number of aliphatic hydroxyl groups excluding tert-OH is 1. The standard InChI is InChI=1S/C25H28F6N4O5/c26-24(27,28)19-5-1-3-15(11-19)17(7-9-36)14-22(38)34-35-23(39)40-10-8-18(13-21(37)33-32)16-4-2-6-20(12-16)25(29,30)31/h1-6,11-12,17-18,36H,7-10,13-14,32H2,(H,33,37)(H,34,38)(H,35,39). The van der Waals surface area contributed by atoms with Crippen LogP contribution in [-0.2, 0) is 26.7 Å². The molecule has 2 atom stereocenters. The molecule has 0 saturated heterocycles. The van der Waals surface area contributed by atoms with Gasteiger partial charge in [0.1, 0.15) is 0 Å². The fourth-order valence-corrected chi connectivity index (χ4v) is 3.88. The molecule has 2 unspecified atom stereocenters. The minimum absolute atomic E-state index is 0.0213. The van der Waals surface area contributed by atoms with E-state index in [4.69, 9.17) is 10.6 Å². The molecule has 0 saturated carbocycles. The van der Waals surface area contributed by atoms with Crippen molar-refractivity contribution in [3.05, 3.63) is 70.8 Å². The van der Waals surface area contributed by atoms with Gasteiger partial charge < -0.3 is 9.84 Å². The molecule has 0 bridgehead atoms. The Bertz CT molecular complexity index is 1160. The molecule has 0 radical (unpaired) electrons. The summed E-state index contributed by atoms with van der Waals surface area (Å²) in [6.07, 6.45) is -11.1. The van der Waals surface area contributed by atoms with Gasteiger partial charge in [-0.1, -0.05) is 36.4 Å². The van der Waals surface area contributed by atoms with Gasteiger partial charge in [-0.15, -0.1) is 0 Å². The van der Waals surface area contributed by atoms with Crippen LogP contribution in [0.4, 0.5) is 31.1 Å². The monoisotopic (exact) mass is 578 g/mol. The summed E-state index contributed by atoms with van der Waals surface area (Å²) in [5, 5.41) is 9.28. The number of alkyl halides is 6. The number of hydrogen-bond donors (Lipinski definition) is 5. The molecule has 0 aliphatic carbocycles. The maximum Gasteiger partial charge on any atom is 0.426 e. The molecule has 0 fully saturated rings. The third-order valence-electron chi connectivity index (χ3n) is 5.88. The molecule has 0 aliphatic rings. The predicted molar refractivity (Wildman–Crippen MR) is 129 cm³/mol. The van der Waals surface area contributed by atoms with Gasteiger partial charge in [0.25, 0.3) is 0 Å². The van der Waals surface area contributed by atoms with Gasteiger partial charge in [0, 0.05) is 19.4 Å². The summed E-state index contributed by atoms with van der Waals surface area (Å²) in [5.74, 6) is 2.06. The van der Waals surface area contributed by atoms with Crippen molar-refractivity contribution < 1.29 is 50.6 Å². The highest BCUT2D eigenvalue weighted by atomic mass is 19.4. The number of benzene rings is 2. The maximum atomic E-state index is 13.1. The fraction of sp³-hybridized carbons (Fsp3) is 0.400. The van der Waals surface area contributed by atoms with E-state index in [1.54, 1.807) is 0 Å². The van der Waals surface area contributed by atoms with Crippen LogP contribution in [-0.4, -0.2) is 36.2 Å². The number of carbonyl (C=O) groups is 3. The molecule has 15 heteroatoms. The first-order valence-corrected chi connectivity index (χ1v) is 11.9. The van der Waals surface area contributed by atoms with Crippen LogP contribution in [0.3, 0.4) is 0 Å². The lowest BCUT2D eigenvalue weighted by molar-refractivity contribution is -0.138. The third-order valence-corrected chi connectivity index (χ3v) is 5.88. The Kier molecular flexibility index (Phi) is 11.7. The Hall–Kier alpha value is -3.85. The van der Waals surface area contributed by atoms with Crippen molar-refractivity contribution in [2.45, 2.75) is 49.9 Å². The molecule has 0 heterocycles. The molecular formula is C25H28F6N4O5. The second-order valence-electron chi connectivity index (χ2n) is 8.73. The van der Waals surface area contributed by atoms with E-state index < -0.39 is 59.8 Å². The van der Waals surface area contributed by atoms with E-state index in [2.05, 4.69) is 0 Å². The van der Waals surface area contributed by atoms with E-state index in [9.17, 15) is 45.8 Å². The molecule has 0 spiro atoms. The average molecular weight is 579 g/mol. The van der Waals surface area contributed by atoms with Crippen LogP contribution in [0.25, 0.3) is 0 Å². The van der Waals surface area contributed by atoms with E-state index >= 15 is 0 Å². The highest BCUT2D eigenvalue weighted by Crippen LogP contribution is 2.34. The molecule has 0 aliphatic heterocycles. The molecule has 9 nitrogen and oxygen atoms in total. The summed E-state index contributed by atoms with van der Waals surface area (Å²) in [4.78, 5) is 36.1. The maximum absolute atomic E-state index is 13.1. The van der Waals surface area contributed by atoms with Crippen molar-refractivity contribution in [2.24, 2.45) is 5.84 Å². The Balaban J connectivity index is 1.93. The Labute approximate surface area is 225 Å². The number of nitrogens with one attached hydrogen (secondary N) is 3. The number of carbonyl (C=O) groups excluding carboxylic acids is 3. The highest BCUT2D eigenvalue weighted by molar-refractivity contribution is 5.79. The van der Waals surface area contributed by atoms with Crippen LogP contribution < -0.4 is 22.1 Å². The number of hydrogen-bond acceptors (Lipinski definition) is 6. The molecule has 3 amide bonds. The van der Waals surface area contributed by atoms with Crippen LogP contribution in [0.5, 0.6) is 0 Å². The molecule has 0 aromatic heterocycles. The quantitative estimate of drug-likeness (QED) is 0.119. The summed E-state index contributed by atoms with van der Waals surface area (Å²) in [7, 11) is 0. The van der Waals surface area contributed by atoms with Gasteiger partial charge in [0.05, 0.1) is 17.7 Å². The highest BCUT2D eigenvalue weighted by Gasteiger charge is 2.32. The Morgan fingerprint density at radius 2 is 1.30 bits per heavy atom. The summed E-state index contributed by atoms with van der Waals surface area (Å²) >= 11 is 0. The van der Waals surface area contributed by atoms with Crippen LogP contribution in [0.1, 0.15) is 59.8 Å². The molecule has 2 rings (SSSR count). The molecular weight excluding hydrogens is 550 g/mol. The lowest BCUT2D eigenvalue weighted by Gasteiger charge is -2.19. The number of hydrazine groups is 2. The minimum Gasteiger partial charge on any atom is -0.448 e. The zero-order valence-corrected chi connectivity index (χ0v) is 20.9. The fourth-order valence-electron chi connectivity index (χ4n) is 3.88. The molecule has 220 valence electrons. The smallest absolute Gasteiger partial charge is 0.426 e. The van der Waals surface area contributed by atoms with Gasteiger partial charge >= 0.3 is 18.4 Å². The van der Waals surface area contributed by atoms with E-state index in [1.807, 2.05) is 16.3 Å². The predicted octanol–water partition coefficient (Wildman–Crippen LogP) is 3.89. The van der Waals surface area contributed by atoms with Gasteiger partial charge in [-0.3, -0.25) is 20.4 Å². The van der Waals surface area contributed by atoms with E-state index in [0.29, 0.717) is 0 Å². The topological polar surface area (TPSA) is 143 Å². The van der Waals surface area contributed by atoms with E-state index in [0.717, 1.165) is 24.3 Å². The number of aliphatic hydroxyl groups is 1. The van der Waals surface area contributed by atoms with Crippen molar-refractivity contribution >= 4 is 17.9 Å². The largest absolute Gasteiger partial charge is 0.448 e. The zero-order valence-electron chi connectivity index (χ0n) is 20.9. The Morgan fingerprint density at radius 1 is 0.800 bits per heavy atom. The Morgan fingerprint density at radius 3 is 1.77 bits per heavy atom. The van der Waals surface area contributed by atoms with Gasteiger partial charge in [-0.05, 0) is 47.9 Å². The van der Waals surface area contributed by atoms with Crippen LogP contribution >= 0.6 is 0 Å². The van der Waals surface area contributed by atoms with Gasteiger partial charge in [-0.25, -0.2) is 16.1 Å².